The average Bonchev–Trinajstić information content (AvgIpc) is 2.65. The molecule has 0 aliphatic carbocycles. The Morgan fingerprint density at radius 1 is 1.59 bits per heavy atom. The van der Waals surface area contributed by atoms with Gasteiger partial charge in [-0.15, -0.1) is 17.8 Å². The Hall–Kier alpha value is -1.36. The highest BCUT2D eigenvalue weighted by atomic mass is 32.2. The average molecular weight is 273 g/mol. The molecule has 0 aromatic carbocycles. The van der Waals surface area contributed by atoms with Crippen LogP contribution in [-0.2, 0) is 10.0 Å². The van der Waals surface area contributed by atoms with E-state index in [1.165, 1.54) is 19.2 Å². The van der Waals surface area contributed by atoms with E-state index in [-0.39, 0.29) is 9.77 Å². The number of carbonyl (C=O) groups is 1. The first-order valence-corrected chi connectivity index (χ1v) is 6.88. The molecule has 0 unspecified atom stereocenters. The van der Waals surface area contributed by atoms with Crippen LogP contribution in [0.25, 0.3) is 0 Å². The van der Waals surface area contributed by atoms with E-state index < -0.39 is 21.5 Å². The van der Waals surface area contributed by atoms with Crippen molar-refractivity contribution in [2.75, 3.05) is 0 Å². The van der Waals surface area contributed by atoms with Crippen LogP contribution >= 0.6 is 11.3 Å². The van der Waals surface area contributed by atoms with Crippen molar-refractivity contribution in [3.05, 3.63) is 16.3 Å². The minimum Gasteiger partial charge on any atom is -0.477 e. The first-order valence-electron chi connectivity index (χ1n) is 4.51. The van der Waals surface area contributed by atoms with Gasteiger partial charge in [0.05, 0.1) is 10.4 Å². The van der Waals surface area contributed by atoms with Crippen LogP contribution in [0.1, 0.15) is 23.5 Å². The maximum absolute atomic E-state index is 11.8. The maximum Gasteiger partial charge on any atom is 0.345 e. The second-order valence-corrected chi connectivity index (χ2v) is 6.42. The summed E-state index contributed by atoms with van der Waals surface area (Å²) < 4.78 is 26.0. The van der Waals surface area contributed by atoms with Gasteiger partial charge in [0, 0.05) is 5.38 Å². The molecule has 0 fully saturated rings. The Bertz CT molecular complexity index is 578. The zero-order valence-corrected chi connectivity index (χ0v) is 10.9. The molecule has 0 bridgehead atoms. The van der Waals surface area contributed by atoms with Crippen LogP contribution in [0.5, 0.6) is 0 Å². The third-order valence-electron chi connectivity index (χ3n) is 1.85. The molecule has 0 radical (unpaired) electrons. The summed E-state index contributed by atoms with van der Waals surface area (Å²) in [5.41, 5.74) is -1.02. The highest BCUT2D eigenvalue weighted by Gasteiger charge is 2.25. The molecule has 0 aliphatic heterocycles. The lowest BCUT2D eigenvalue weighted by Crippen LogP contribution is -2.41. The molecule has 92 valence electrons. The standard InChI is InChI=1S/C10H11NO4S2/c1-4-10(2,3)11-17(14,15)7-5-8(9(12)13)16-6-7/h1,5-6,11H,2-3H3,(H,12,13). The van der Waals surface area contributed by atoms with Gasteiger partial charge in [-0.1, -0.05) is 5.92 Å². The summed E-state index contributed by atoms with van der Waals surface area (Å²) in [5, 5.41) is 9.97. The first kappa shape index (κ1) is 13.7. The number of sulfonamides is 1. The normalized spacial score (nSPS) is 12.1. The predicted molar refractivity (Wildman–Crippen MR) is 64.5 cm³/mol. The molecule has 0 aliphatic rings. The molecule has 0 amide bonds. The van der Waals surface area contributed by atoms with Crippen molar-refractivity contribution < 1.29 is 18.3 Å². The lowest BCUT2D eigenvalue weighted by atomic mass is 10.1. The number of aromatic carboxylic acids is 1. The fraction of sp³-hybridized carbons (Fsp3) is 0.300. The smallest absolute Gasteiger partial charge is 0.345 e. The van der Waals surface area contributed by atoms with Crippen LogP contribution in [0.4, 0.5) is 0 Å². The van der Waals surface area contributed by atoms with E-state index in [1.807, 2.05) is 0 Å². The number of hydrogen-bond acceptors (Lipinski definition) is 4. The highest BCUT2D eigenvalue weighted by Crippen LogP contribution is 2.20. The zero-order chi connectivity index (χ0) is 13.3. The number of rotatable bonds is 4. The number of terminal acetylenes is 1. The highest BCUT2D eigenvalue weighted by molar-refractivity contribution is 7.89. The molecule has 1 rings (SSSR count). The molecule has 17 heavy (non-hydrogen) atoms. The lowest BCUT2D eigenvalue weighted by Gasteiger charge is -2.18. The SMILES string of the molecule is C#CC(C)(C)NS(=O)(=O)c1csc(C(=O)O)c1. The van der Waals surface area contributed by atoms with Gasteiger partial charge in [-0.3, -0.25) is 0 Å². The van der Waals surface area contributed by atoms with Crippen LogP contribution < -0.4 is 4.72 Å². The van der Waals surface area contributed by atoms with E-state index in [0.717, 1.165) is 17.4 Å². The molecule has 1 heterocycles. The van der Waals surface area contributed by atoms with Gasteiger partial charge in [0.1, 0.15) is 4.88 Å². The quantitative estimate of drug-likeness (QED) is 0.806. The molecule has 0 spiro atoms. The number of nitrogens with one attached hydrogen (secondary N) is 1. The molecule has 0 atom stereocenters. The van der Waals surface area contributed by atoms with Gasteiger partial charge in [-0.05, 0) is 19.9 Å². The Kier molecular flexibility index (Phi) is 3.62. The Balaban J connectivity index is 3.07. The van der Waals surface area contributed by atoms with Crippen LogP contribution in [-0.4, -0.2) is 25.0 Å². The lowest BCUT2D eigenvalue weighted by molar-refractivity contribution is 0.0702. The molecular weight excluding hydrogens is 262 g/mol. The Morgan fingerprint density at radius 3 is 2.59 bits per heavy atom. The van der Waals surface area contributed by atoms with Gasteiger partial charge in [-0.25, -0.2) is 13.2 Å². The number of carboxylic acids is 1. The third kappa shape index (κ3) is 3.30. The van der Waals surface area contributed by atoms with Crippen molar-refractivity contribution in [1.82, 2.24) is 4.72 Å². The molecule has 0 saturated heterocycles. The number of thiophene rings is 1. The van der Waals surface area contributed by atoms with Crippen LogP contribution in [0.2, 0.25) is 0 Å². The van der Waals surface area contributed by atoms with Crippen LogP contribution in [0.3, 0.4) is 0 Å². The van der Waals surface area contributed by atoms with Crippen molar-refractivity contribution in [3.8, 4) is 12.3 Å². The molecule has 5 nitrogen and oxygen atoms in total. The zero-order valence-electron chi connectivity index (χ0n) is 9.22. The summed E-state index contributed by atoms with van der Waals surface area (Å²) in [6, 6.07) is 1.10. The van der Waals surface area contributed by atoms with E-state index in [9.17, 15) is 13.2 Å². The Labute approximate surface area is 104 Å². The topological polar surface area (TPSA) is 83.5 Å². The van der Waals surface area contributed by atoms with E-state index in [4.69, 9.17) is 11.5 Å². The second kappa shape index (κ2) is 4.49. The van der Waals surface area contributed by atoms with Gasteiger partial charge in [-0.2, -0.15) is 4.72 Å². The number of carboxylic acid groups (broad SMARTS) is 1. The minimum absolute atomic E-state index is 0.0381. The number of hydrogen-bond donors (Lipinski definition) is 2. The largest absolute Gasteiger partial charge is 0.477 e. The monoisotopic (exact) mass is 273 g/mol. The van der Waals surface area contributed by atoms with Gasteiger partial charge >= 0.3 is 5.97 Å². The predicted octanol–water partition coefficient (Wildman–Crippen LogP) is 1.14. The van der Waals surface area contributed by atoms with Gasteiger partial charge in [0.2, 0.25) is 10.0 Å². The third-order valence-corrected chi connectivity index (χ3v) is 4.55. The van der Waals surface area contributed by atoms with E-state index in [2.05, 4.69) is 10.6 Å². The van der Waals surface area contributed by atoms with Crippen molar-refractivity contribution in [2.24, 2.45) is 0 Å². The summed E-state index contributed by atoms with van der Waals surface area (Å²) in [5.74, 6) is 1.13. The van der Waals surface area contributed by atoms with Crippen molar-refractivity contribution in [2.45, 2.75) is 24.3 Å². The van der Waals surface area contributed by atoms with E-state index >= 15 is 0 Å². The summed E-state index contributed by atoms with van der Waals surface area (Å²) in [4.78, 5) is 10.5. The first-order chi connectivity index (χ1) is 7.68. The molecule has 2 N–H and O–H groups in total. The summed E-state index contributed by atoms with van der Waals surface area (Å²) in [6.45, 7) is 3.07. The van der Waals surface area contributed by atoms with E-state index in [0.29, 0.717) is 0 Å². The van der Waals surface area contributed by atoms with Gasteiger partial charge in [0.15, 0.2) is 0 Å². The molecule has 7 heteroatoms. The summed E-state index contributed by atoms with van der Waals surface area (Å²) >= 11 is 0.848. The van der Waals surface area contributed by atoms with Crippen molar-refractivity contribution in [1.29, 1.82) is 0 Å². The summed E-state index contributed by atoms with van der Waals surface area (Å²) in [6.07, 6.45) is 5.18. The maximum atomic E-state index is 11.8. The molecule has 1 aromatic rings. The van der Waals surface area contributed by atoms with E-state index in [1.54, 1.807) is 0 Å². The molecule has 0 saturated carbocycles. The molecule has 1 aromatic heterocycles. The van der Waals surface area contributed by atoms with Crippen LogP contribution in [0, 0.1) is 12.3 Å². The van der Waals surface area contributed by atoms with Gasteiger partial charge in [0.25, 0.3) is 0 Å². The van der Waals surface area contributed by atoms with Crippen LogP contribution in [0.15, 0.2) is 16.3 Å². The van der Waals surface area contributed by atoms with Gasteiger partial charge < -0.3 is 5.11 Å². The fourth-order valence-corrected chi connectivity index (χ4v) is 3.45. The Morgan fingerprint density at radius 2 is 2.18 bits per heavy atom. The summed E-state index contributed by atoms with van der Waals surface area (Å²) in [7, 11) is -3.79. The second-order valence-electron chi connectivity index (χ2n) is 3.83. The molecular formula is C10H11NO4S2. The van der Waals surface area contributed by atoms with Crippen molar-refractivity contribution in [3.63, 3.8) is 0 Å². The van der Waals surface area contributed by atoms with Crippen molar-refractivity contribution >= 4 is 27.3 Å². The fourth-order valence-electron chi connectivity index (χ4n) is 0.996. The minimum atomic E-state index is -3.79.